The number of rotatable bonds is 5. The van der Waals surface area contributed by atoms with Crippen LogP contribution >= 0.6 is 22.9 Å². The van der Waals surface area contributed by atoms with Gasteiger partial charge in [0.2, 0.25) is 0 Å². The van der Waals surface area contributed by atoms with Crippen LogP contribution in [0.4, 0.5) is 5.00 Å². The molecule has 4 atom stereocenters. The molecular weight excluding hydrogens is 400 g/mol. The third kappa shape index (κ3) is 3.17. The van der Waals surface area contributed by atoms with Crippen LogP contribution in [0.2, 0.25) is 0 Å². The number of carbonyl (C=O) groups excluding carboxylic acids is 2. The molecular formula is C20H23ClN2O4S. The molecule has 0 aromatic carbocycles. The van der Waals surface area contributed by atoms with Gasteiger partial charge in [-0.2, -0.15) is 5.26 Å². The molecule has 150 valence electrons. The molecule has 28 heavy (non-hydrogen) atoms. The molecule has 0 radical (unpaired) electrons. The van der Waals surface area contributed by atoms with E-state index in [0.717, 1.165) is 43.4 Å². The number of anilines is 1. The summed E-state index contributed by atoms with van der Waals surface area (Å²) >= 11 is 7.80. The predicted molar refractivity (Wildman–Crippen MR) is 105 cm³/mol. The third-order valence-corrected chi connectivity index (χ3v) is 7.86. The smallest absolute Gasteiger partial charge is 0.348 e. The van der Waals surface area contributed by atoms with Crippen LogP contribution in [0.25, 0.3) is 0 Å². The lowest BCUT2D eigenvalue weighted by molar-refractivity contribution is -0.171. The fourth-order valence-corrected chi connectivity index (χ4v) is 7.40. The number of thiophene rings is 1. The summed E-state index contributed by atoms with van der Waals surface area (Å²) in [5.74, 6) is 0.136. The van der Waals surface area contributed by atoms with Gasteiger partial charge in [0, 0.05) is 10.4 Å². The number of nitrogens with two attached hydrogens (primary N) is 1. The van der Waals surface area contributed by atoms with Gasteiger partial charge in [0.05, 0.1) is 17.6 Å². The summed E-state index contributed by atoms with van der Waals surface area (Å²) in [5, 5.41) is 9.65. The fourth-order valence-electron chi connectivity index (χ4n) is 5.79. The van der Waals surface area contributed by atoms with Crippen molar-refractivity contribution in [2.45, 2.75) is 56.9 Å². The van der Waals surface area contributed by atoms with E-state index < -0.39 is 11.4 Å². The summed E-state index contributed by atoms with van der Waals surface area (Å²) < 4.78 is 10.7. The van der Waals surface area contributed by atoms with E-state index in [2.05, 4.69) is 0 Å². The van der Waals surface area contributed by atoms with Crippen molar-refractivity contribution in [3.63, 3.8) is 0 Å². The van der Waals surface area contributed by atoms with Gasteiger partial charge in [-0.3, -0.25) is 4.79 Å². The Labute approximate surface area is 172 Å². The molecule has 1 heterocycles. The van der Waals surface area contributed by atoms with Crippen LogP contribution in [-0.2, 0) is 20.9 Å². The first-order valence-electron chi connectivity index (χ1n) is 9.63. The number of nitrogens with zero attached hydrogens (tertiary/aromatic N) is 1. The van der Waals surface area contributed by atoms with Crippen LogP contribution in [0.3, 0.4) is 0 Å². The molecule has 2 N–H and O–H groups in total. The highest BCUT2D eigenvalue weighted by Crippen LogP contribution is 2.64. The molecule has 0 aliphatic heterocycles. The summed E-state index contributed by atoms with van der Waals surface area (Å²) in [6.07, 6.45) is 5.39. The minimum atomic E-state index is -0.554. The molecule has 0 spiro atoms. The third-order valence-electron chi connectivity index (χ3n) is 6.38. The first-order valence-corrected chi connectivity index (χ1v) is 10.8. The van der Waals surface area contributed by atoms with E-state index in [-0.39, 0.29) is 39.5 Å². The molecule has 4 aliphatic rings. The molecule has 1 aromatic rings. The predicted octanol–water partition coefficient (Wildman–Crippen LogP) is 4.00. The second-order valence-electron chi connectivity index (χ2n) is 8.45. The topological polar surface area (TPSA) is 102 Å². The zero-order valence-electron chi connectivity index (χ0n) is 15.8. The van der Waals surface area contributed by atoms with Gasteiger partial charge in [0.25, 0.3) is 0 Å². The van der Waals surface area contributed by atoms with Crippen molar-refractivity contribution < 1.29 is 19.1 Å². The molecule has 0 saturated heterocycles. The van der Waals surface area contributed by atoms with Gasteiger partial charge in [0.1, 0.15) is 22.6 Å². The van der Waals surface area contributed by atoms with Crippen molar-refractivity contribution >= 4 is 39.9 Å². The number of alkyl halides is 1. The molecule has 6 nitrogen and oxygen atoms in total. The van der Waals surface area contributed by atoms with Crippen LogP contribution in [0.1, 0.15) is 66.2 Å². The Morgan fingerprint density at radius 1 is 1.29 bits per heavy atom. The van der Waals surface area contributed by atoms with Crippen molar-refractivity contribution in [2.75, 3.05) is 12.3 Å². The average Bonchev–Trinajstić information content (AvgIpc) is 2.93. The normalized spacial score (nSPS) is 32.8. The lowest BCUT2D eigenvalue weighted by atomic mass is 9.49. The van der Waals surface area contributed by atoms with E-state index in [4.69, 9.17) is 26.8 Å². The van der Waals surface area contributed by atoms with Crippen LogP contribution in [0.5, 0.6) is 0 Å². The molecule has 8 heteroatoms. The van der Waals surface area contributed by atoms with Gasteiger partial charge in [-0.25, -0.2) is 4.79 Å². The van der Waals surface area contributed by atoms with E-state index in [0.29, 0.717) is 23.8 Å². The molecule has 4 fully saturated rings. The van der Waals surface area contributed by atoms with Crippen LogP contribution in [0.15, 0.2) is 0 Å². The zero-order chi connectivity index (χ0) is 20.1. The van der Waals surface area contributed by atoms with Gasteiger partial charge >= 0.3 is 11.9 Å². The monoisotopic (exact) mass is 422 g/mol. The molecule has 2 unspecified atom stereocenters. The lowest BCUT2D eigenvalue weighted by Crippen LogP contribution is -2.56. The Balaban J connectivity index is 1.55. The van der Waals surface area contributed by atoms with E-state index in [1.54, 1.807) is 6.92 Å². The summed E-state index contributed by atoms with van der Waals surface area (Å²) in [6, 6.07) is 2.01. The molecule has 4 saturated carbocycles. The average molecular weight is 423 g/mol. The van der Waals surface area contributed by atoms with E-state index in [1.165, 1.54) is 0 Å². The van der Waals surface area contributed by atoms with E-state index >= 15 is 0 Å². The standard InChI is InChI=1S/C20H23ClN2O4S/c1-2-26-17(24)15-14(13(8-22)16(23)28-15)9-27-18(25)19-4-11-3-12(5-19)7-20(21,6-11)10-19/h11-12H,2-7,9-10,23H2,1H3/t11-,12+,19?,20?. The number of hydrogen-bond acceptors (Lipinski definition) is 7. The second kappa shape index (κ2) is 6.93. The Morgan fingerprint density at radius 3 is 2.54 bits per heavy atom. The maximum Gasteiger partial charge on any atom is 0.348 e. The minimum absolute atomic E-state index is 0.157. The van der Waals surface area contributed by atoms with Crippen LogP contribution in [0, 0.1) is 28.6 Å². The molecule has 0 amide bonds. The first-order chi connectivity index (χ1) is 13.3. The van der Waals surface area contributed by atoms with Gasteiger partial charge in [-0.1, -0.05) is 0 Å². The van der Waals surface area contributed by atoms with Crippen molar-refractivity contribution in [1.82, 2.24) is 0 Å². The summed E-state index contributed by atoms with van der Waals surface area (Å²) in [7, 11) is 0. The highest BCUT2D eigenvalue weighted by Gasteiger charge is 2.60. The number of halogens is 1. The van der Waals surface area contributed by atoms with Crippen molar-refractivity contribution in [3.05, 3.63) is 16.0 Å². The summed E-state index contributed by atoms with van der Waals surface area (Å²) in [6.45, 7) is 1.76. The van der Waals surface area contributed by atoms with Crippen LogP contribution < -0.4 is 5.73 Å². The van der Waals surface area contributed by atoms with Crippen molar-refractivity contribution in [1.29, 1.82) is 5.26 Å². The SMILES string of the molecule is CCOC(=O)c1sc(N)c(C#N)c1COC(=O)C12C[C@@H]3C[C@@H](CC(Cl)(C3)C1)C2. The molecule has 1 aromatic heterocycles. The van der Waals surface area contributed by atoms with Crippen LogP contribution in [-0.4, -0.2) is 23.4 Å². The zero-order valence-corrected chi connectivity index (χ0v) is 17.3. The van der Waals surface area contributed by atoms with Gasteiger partial charge < -0.3 is 15.2 Å². The molecule has 5 rings (SSSR count). The number of nitrogen functional groups attached to an aromatic ring is 1. The first kappa shape index (κ1) is 19.5. The number of carbonyl (C=O) groups is 2. The maximum atomic E-state index is 13.1. The van der Waals surface area contributed by atoms with E-state index in [9.17, 15) is 14.9 Å². The Hall–Kier alpha value is -1.78. The number of nitriles is 1. The highest BCUT2D eigenvalue weighted by molar-refractivity contribution is 7.18. The fraction of sp³-hybridized carbons (Fsp3) is 0.650. The summed E-state index contributed by atoms with van der Waals surface area (Å²) in [4.78, 5) is 25.3. The number of ether oxygens (including phenoxy) is 2. The Morgan fingerprint density at radius 2 is 1.96 bits per heavy atom. The van der Waals surface area contributed by atoms with Gasteiger partial charge in [0.15, 0.2) is 0 Å². The van der Waals surface area contributed by atoms with Gasteiger partial charge in [-0.15, -0.1) is 22.9 Å². The Kier molecular flexibility index (Phi) is 4.83. The maximum absolute atomic E-state index is 13.1. The van der Waals surface area contributed by atoms with E-state index in [1.807, 2.05) is 6.07 Å². The minimum Gasteiger partial charge on any atom is -0.462 e. The van der Waals surface area contributed by atoms with Crippen molar-refractivity contribution in [3.8, 4) is 6.07 Å². The Bertz CT molecular complexity index is 860. The molecule has 4 bridgehead atoms. The second-order valence-corrected chi connectivity index (χ2v) is 10.3. The lowest BCUT2D eigenvalue weighted by Gasteiger charge is -2.58. The quantitative estimate of drug-likeness (QED) is 0.568. The number of hydrogen-bond donors (Lipinski definition) is 1. The van der Waals surface area contributed by atoms with Gasteiger partial charge in [-0.05, 0) is 57.3 Å². The largest absolute Gasteiger partial charge is 0.462 e. The number of esters is 2. The van der Waals surface area contributed by atoms with Crippen molar-refractivity contribution in [2.24, 2.45) is 17.3 Å². The summed E-state index contributed by atoms with van der Waals surface area (Å²) in [5.41, 5.74) is 5.87. The highest BCUT2D eigenvalue weighted by atomic mass is 35.5. The molecule has 4 aliphatic carbocycles.